The zero-order valence-electron chi connectivity index (χ0n) is 13.8. The van der Waals surface area contributed by atoms with Gasteiger partial charge in [-0.2, -0.15) is 0 Å². The number of carboxylic acids is 1. The van der Waals surface area contributed by atoms with Crippen molar-refractivity contribution < 1.29 is 14.6 Å². The lowest BCUT2D eigenvalue weighted by molar-refractivity contribution is 0.0697. The van der Waals surface area contributed by atoms with Gasteiger partial charge in [0.05, 0.1) is 5.56 Å². The molecule has 0 aliphatic heterocycles. The Morgan fingerprint density at radius 2 is 1.24 bits per heavy atom. The van der Waals surface area contributed by atoms with Crippen LogP contribution >= 0.6 is 0 Å². The van der Waals surface area contributed by atoms with Crippen molar-refractivity contribution in [1.29, 1.82) is 0 Å². The van der Waals surface area contributed by atoms with Crippen LogP contribution < -0.4 is 4.74 Å². The zero-order valence-corrected chi connectivity index (χ0v) is 13.8. The largest absolute Gasteiger partial charge is 0.490 e. The number of carboxylic acid groups (broad SMARTS) is 1. The number of rotatable bonds is 7. The minimum atomic E-state index is -0.934. The summed E-state index contributed by atoms with van der Waals surface area (Å²) in [6, 6.07) is 27.0. The summed E-state index contributed by atoms with van der Waals surface area (Å²) >= 11 is 0. The molecule has 1 N–H and O–H groups in total. The summed E-state index contributed by atoms with van der Waals surface area (Å²) in [6.07, 6.45) is 1.55. The second kappa shape index (κ2) is 8.15. The first-order chi connectivity index (χ1) is 12.2. The van der Waals surface area contributed by atoms with Crippen molar-refractivity contribution in [2.24, 2.45) is 0 Å². The third-order valence-corrected chi connectivity index (χ3v) is 4.02. The number of benzene rings is 3. The van der Waals surface area contributed by atoms with Crippen molar-refractivity contribution >= 4 is 5.97 Å². The predicted octanol–water partition coefficient (Wildman–Crippen LogP) is 4.62. The average Bonchev–Trinajstić information content (AvgIpc) is 2.64. The van der Waals surface area contributed by atoms with Crippen LogP contribution in [-0.4, -0.2) is 17.2 Å². The second-order valence-corrected chi connectivity index (χ2v) is 5.95. The highest BCUT2D eigenvalue weighted by atomic mass is 16.5. The van der Waals surface area contributed by atoms with Gasteiger partial charge < -0.3 is 9.84 Å². The van der Waals surface area contributed by atoms with Gasteiger partial charge in [0.2, 0.25) is 0 Å². The molecule has 126 valence electrons. The fourth-order valence-electron chi connectivity index (χ4n) is 2.78. The van der Waals surface area contributed by atoms with Crippen LogP contribution in [0.25, 0.3) is 0 Å². The Morgan fingerprint density at radius 3 is 1.68 bits per heavy atom. The first-order valence-electron chi connectivity index (χ1n) is 8.28. The number of ether oxygens (including phenoxy) is 1. The van der Waals surface area contributed by atoms with Gasteiger partial charge in [0.25, 0.3) is 0 Å². The van der Waals surface area contributed by atoms with Crippen LogP contribution in [0.2, 0.25) is 0 Å². The molecule has 0 bridgehead atoms. The summed E-state index contributed by atoms with van der Waals surface area (Å²) in [4.78, 5) is 11.0. The predicted molar refractivity (Wildman–Crippen MR) is 98.1 cm³/mol. The normalized spacial score (nSPS) is 10.6. The van der Waals surface area contributed by atoms with Gasteiger partial charge in [0.1, 0.15) is 11.9 Å². The fourth-order valence-corrected chi connectivity index (χ4v) is 2.78. The van der Waals surface area contributed by atoms with Crippen LogP contribution in [-0.2, 0) is 12.8 Å². The molecule has 0 radical (unpaired) electrons. The third kappa shape index (κ3) is 4.95. The van der Waals surface area contributed by atoms with E-state index in [9.17, 15) is 4.79 Å². The molecule has 0 spiro atoms. The molecule has 0 aromatic heterocycles. The van der Waals surface area contributed by atoms with E-state index in [1.165, 1.54) is 11.1 Å². The van der Waals surface area contributed by atoms with Crippen LogP contribution in [0.5, 0.6) is 5.75 Å². The highest BCUT2D eigenvalue weighted by Crippen LogP contribution is 2.18. The molecule has 0 amide bonds. The molecule has 3 aromatic carbocycles. The Morgan fingerprint density at radius 1 is 0.760 bits per heavy atom. The van der Waals surface area contributed by atoms with Crippen molar-refractivity contribution in [3.8, 4) is 5.75 Å². The minimum Gasteiger partial charge on any atom is -0.490 e. The number of carbonyl (C=O) groups is 1. The Labute approximate surface area is 147 Å². The summed E-state index contributed by atoms with van der Waals surface area (Å²) in [5.41, 5.74) is 2.69. The molecular formula is C22H20O3. The van der Waals surface area contributed by atoms with Gasteiger partial charge in [-0.3, -0.25) is 0 Å². The average molecular weight is 332 g/mol. The van der Waals surface area contributed by atoms with E-state index in [1.54, 1.807) is 24.3 Å². The fraction of sp³-hybridized carbons (Fsp3) is 0.136. The Bertz CT molecular complexity index is 754. The van der Waals surface area contributed by atoms with Crippen LogP contribution in [0.3, 0.4) is 0 Å². The second-order valence-electron chi connectivity index (χ2n) is 5.95. The maximum Gasteiger partial charge on any atom is 0.335 e. The van der Waals surface area contributed by atoms with Crippen molar-refractivity contribution in [2.45, 2.75) is 18.9 Å². The van der Waals surface area contributed by atoms with E-state index in [0.29, 0.717) is 5.75 Å². The van der Waals surface area contributed by atoms with E-state index in [0.717, 1.165) is 12.8 Å². The Balaban J connectivity index is 1.76. The van der Waals surface area contributed by atoms with E-state index < -0.39 is 5.97 Å². The van der Waals surface area contributed by atoms with Gasteiger partial charge in [0, 0.05) is 12.8 Å². The molecule has 0 unspecified atom stereocenters. The lowest BCUT2D eigenvalue weighted by Crippen LogP contribution is -2.22. The first kappa shape index (κ1) is 16.8. The third-order valence-electron chi connectivity index (χ3n) is 4.02. The van der Waals surface area contributed by atoms with Crippen molar-refractivity contribution in [3.05, 3.63) is 102 Å². The Hall–Kier alpha value is -3.07. The van der Waals surface area contributed by atoms with Crippen molar-refractivity contribution in [1.82, 2.24) is 0 Å². The summed E-state index contributed by atoms with van der Waals surface area (Å²) in [5, 5.41) is 9.01. The first-order valence-corrected chi connectivity index (χ1v) is 8.28. The van der Waals surface area contributed by atoms with Crippen molar-refractivity contribution in [3.63, 3.8) is 0 Å². The summed E-state index contributed by atoms with van der Waals surface area (Å²) in [5.74, 6) is -0.251. The molecule has 0 fully saturated rings. The van der Waals surface area contributed by atoms with Crippen LogP contribution in [0.15, 0.2) is 84.9 Å². The zero-order chi connectivity index (χ0) is 17.5. The SMILES string of the molecule is O=C(O)c1ccc(OC(Cc2ccccc2)Cc2ccccc2)cc1. The summed E-state index contributed by atoms with van der Waals surface area (Å²) < 4.78 is 6.16. The van der Waals surface area contributed by atoms with Crippen LogP contribution in [0, 0.1) is 0 Å². The van der Waals surface area contributed by atoms with Gasteiger partial charge in [0.15, 0.2) is 0 Å². The van der Waals surface area contributed by atoms with Gasteiger partial charge in [-0.05, 0) is 35.4 Å². The molecule has 3 heteroatoms. The van der Waals surface area contributed by atoms with Crippen LogP contribution in [0.4, 0.5) is 0 Å². The monoisotopic (exact) mass is 332 g/mol. The van der Waals surface area contributed by atoms with Gasteiger partial charge in [-0.25, -0.2) is 4.79 Å². The standard InChI is InChI=1S/C22H20O3/c23-22(24)19-11-13-20(14-12-19)25-21(15-17-7-3-1-4-8-17)16-18-9-5-2-6-10-18/h1-14,21H,15-16H2,(H,23,24). The van der Waals surface area contributed by atoms with E-state index in [1.807, 2.05) is 36.4 Å². The van der Waals surface area contributed by atoms with Gasteiger partial charge >= 0.3 is 5.97 Å². The smallest absolute Gasteiger partial charge is 0.335 e. The van der Waals surface area contributed by atoms with Gasteiger partial charge in [-0.1, -0.05) is 60.7 Å². The molecule has 3 aromatic rings. The highest BCUT2D eigenvalue weighted by molar-refractivity contribution is 5.87. The van der Waals surface area contributed by atoms with Gasteiger partial charge in [-0.15, -0.1) is 0 Å². The molecule has 25 heavy (non-hydrogen) atoms. The van der Waals surface area contributed by atoms with E-state index >= 15 is 0 Å². The molecule has 0 atom stereocenters. The van der Waals surface area contributed by atoms with E-state index in [-0.39, 0.29) is 11.7 Å². The van der Waals surface area contributed by atoms with Crippen LogP contribution in [0.1, 0.15) is 21.5 Å². The quantitative estimate of drug-likeness (QED) is 0.687. The molecule has 3 nitrogen and oxygen atoms in total. The lowest BCUT2D eigenvalue weighted by atomic mass is 10.0. The maximum atomic E-state index is 11.0. The molecule has 0 saturated carbocycles. The van der Waals surface area contributed by atoms with Crippen molar-refractivity contribution in [2.75, 3.05) is 0 Å². The lowest BCUT2D eigenvalue weighted by Gasteiger charge is -2.20. The molecule has 0 aliphatic rings. The summed E-state index contributed by atoms with van der Waals surface area (Å²) in [6.45, 7) is 0. The molecule has 0 heterocycles. The van der Waals surface area contributed by atoms with E-state index in [4.69, 9.17) is 9.84 Å². The summed E-state index contributed by atoms with van der Waals surface area (Å²) in [7, 11) is 0. The number of aromatic carboxylic acids is 1. The minimum absolute atomic E-state index is 0.0273. The highest BCUT2D eigenvalue weighted by Gasteiger charge is 2.13. The topological polar surface area (TPSA) is 46.5 Å². The maximum absolute atomic E-state index is 11.0. The number of hydrogen-bond donors (Lipinski definition) is 1. The van der Waals surface area contributed by atoms with E-state index in [2.05, 4.69) is 24.3 Å². The Kier molecular flexibility index (Phi) is 5.47. The number of hydrogen-bond acceptors (Lipinski definition) is 2. The molecule has 3 rings (SSSR count). The molecular weight excluding hydrogens is 312 g/mol. The molecule has 0 aliphatic carbocycles. The molecule has 0 saturated heterocycles.